The minimum absolute atomic E-state index is 0.0541. The Labute approximate surface area is 298 Å². The number of aliphatic hydroxyl groups is 8. The second kappa shape index (κ2) is 16.0. The Bertz CT molecular complexity index is 1360. The van der Waals surface area contributed by atoms with E-state index in [9.17, 15) is 40.9 Å². The van der Waals surface area contributed by atoms with Crippen molar-refractivity contribution in [1.82, 2.24) is 0 Å². The number of hydrogen-bond donors (Lipinski definition) is 8. The van der Waals surface area contributed by atoms with Crippen LogP contribution in [0.4, 0.5) is 0 Å². The van der Waals surface area contributed by atoms with Crippen LogP contribution in [-0.2, 0) is 18.9 Å². The molecular weight excluding hydrogens is 696 g/mol. The van der Waals surface area contributed by atoms with Crippen molar-refractivity contribution in [3.05, 3.63) is 35.4 Å². The van der Waals surface area contributed by atoms with Crippen molar-refractivity contribution in [3.63, 3.8) is 0 Å². The molecule has 0 spiro atoms. The lowest BCUT2D eigenvalue weighted by atomic mass is 9.84. The molecule has 0 amide bonds. The third kappa shape index (κ3) is 6.94. The fraction of sp³-hybridized carbons (Fsp3) is 0.647. The molecule has 290 valence electrons. The lowest BCUT2D eigenvalue weighted by molar-refractivity contribution is -0.277. The summed E-state index contributed by atoms with van der Waals surface area (Å²) < 4.78 is 58.0. The van der Waals surface area contributed by atoms with E-state index in [0.717, 1.165) is 0 Å². The molecule has 14 atom stereocenters. The van der Waals surface area contributed by atoms with Gasteiger partial charge in [-0.05, 0) is 35.4 Å². The first-order chi connectivity index (χ1) is 25.0. The van der Waals surface area contributed by atoms with Gasteiger partial charge in [0.1, 0.15) is 48.8 Å². The maximum Gasteiger partial charge on any atom is 0.229 e. The van der Waals surface area contributed by atoms with Crippen molar-refractivity contribution in [1.29, 1.82) is 0 Å². The first-order valence-electron chi connectivity index (χ1n) is 16.7. The molecule has 8 N–H and O–H groups in total. The van der Waals surface area contributed by atoms with Crippen molar-refractivity contribution >= 4 is 0 Å². The van der Waals surface area contributed by atoms with Crippen LogP contribution in [0, 0.1) is 11.8 Å². The Balaban J connectivity index is 1.22. The number of methoxy groups -OCH3 is 4. The van der Waals surface area contributed by atoms with Crippen LogP contribution < -0.4 is 28.4 Å². The summed E-state index contributed by atoms with van der Waals surface area (Å²) in [7, 11) is 5.66. The molecule has 4 fully saturated rings. The van der Waals surface area contributed by atoms with Gasteiger partial charge in [0, 0.05) is 11.8 Å². The van der Waals surface area contributed by atoms with Gasteiger partial charge in [0.2, 0.25) is 24.1 Å². The Hall–Kier alpha value is -3.24. The van der Waals surface area contributed by atoms with E-state index >= 15 is 0 Å². The maximum atomic E-state index is 10.5. The van der Waals surface area contributed by atoms with Gasteiger partial charge in [-0.25, -0.2) is 0 Å². The molecule has 0 aliphatic carbocycles. The predicted octanol–water partition coefficient (Wildman–Crippen LogP) is -1.85. The summed E-state index contributed by atoms with van der Waals surface area (Å²) in [6, 6.07) is 6.78. The van der Waals surface area contributed by atoms with Gasteiger partial charge in [-0.15, -0.1) is 0 Å². The van der Waals surface area contributed by atoms with E-state index in [1.54, 1.807) is 24.3 Å². The van der Waals surface area contributed by atoms with Crippen molar-refractivity contribution in [2.45, 2.75) is 73.6 Å². The van der Waals surface area contributed by atoms with Gasteiger partial charge in [0.05, 0.1) is 67.1 Å². The molecule has 4 heterocycles. The Kier molecular flexibility index (Phi) is 11.8. The first kappa shape index (κ1) is 38.5. The SMILES string of the molecule is COc1cc([C@@H]2OC[C@@H]3[C@H]2CO[C@H]3c2cc(OC)c(O[C@@H]3O[C@H](CO)[C@@H](O)[C@H](O)[C@H]3O)c(OC)c2)cc(OC)c1O[C@@H]1O[C@@H](CO)[C@H](O)[C@H](O)[C@@H]1O. The summed E-state index contributed by atoms with van der Waals surface area (Å²) in [6.07, 6.45) is -15.9. The van der Waals surface area contributed by atoms with E-state index in [0.29, 0.717) is 24.3 Å². The summed E-state index contributed by atoms with van der Waals surface area (Å²) in [5.41, 5.74) is 1.37. The van der Waals surface area contributed by atoms with Crippen LogP contribution >= 0.6 is 0 Å². The largest absolute Gasteiger partial charge is 0.493 e. The highest BCUT2D eigenvalue weighted by Crippen LogP contribution is 2.54. The lowest BCUT2D eigenvalue weighted by Gasteiger charge is -2.39. The van der Waals surface area contributed by atoms with E-state index in [1.165, 1.54) is 28.4 Å². The number of fused-ring (bicyclic) bond motifs is 1. The molecular formula is C34H46O18. The zero-order valence-electron chi connectivity index (χ0n) is 28.9. The second-order valence-electron chi connectivity index (χ2n) is 13.0. The summed E-state index contributed by atoms with van der Waals surface area (Å²) in [4.78, 5) is 0. The van der Waals surface area contributed by atoms with Gasteiger partial charge >= 0.3 is 0 Å². The average molecular weight is 743 g/mol. The van der Waals surface area contributed by atoms with Crippen LogP contribution in [0.2, 0.25) is 0 Å². The smallest absolute Gasteiger partial charge is 0.229 e. The fourth-order valence-corrected chi connectivity index (χ4v) is 7.16. The van der Waals surface area contributed by atoms with E-state index < -0.39 is 86.8 Å². The highest BCUT2D eigenvalue weighted by atomic mass is 16.7. The predicted molar refractivity (Wildman–Crippen MR) is 172 cm³/mol. The van der Waals surface area contributed by atoms with Crippen LogP contribution in [0.5, 0.6) is 34.5 Å². The van der Waals surface area contributed by atoms with Gasteiger partial charge < -0.3 is 88.2 Å². The van der Waals surface area contributed by atoms with E-state index in [4.69, 9.17) is 47.4 Å². The highest BCUT2D eigenvalue weighted by Gasteiger charge is 2.50. The standard InChI is InChI=1S/C34H46O18/c1-43-17-5-13(6-18(44-2)31(17)51-33-27(41)25(39)23(37)21(9-35)49-33)29-15-11-48-30(16(15)12-47-29)14-7-19(45-3)32(20(8-14)46-4)52-34-28(42)26(40)24(38)22(10-36)50-34/h5-8,15-16,21-30,33-42H,9-12H2,1-4H3/t15-,16-,21-,22+,23-,24+,25+,26+,27-,28+,29+,30+,33+,34+/m1/s1. The van der Waals surface area contributed by atoms with Crippen molar-refractivity contribution in [3.8, 4) is 34.5 Å². The number of hydrogen-bond acceptors (Lipinski definition) is 18. The summed E-state index contributed by atoms with van der Waals surface area (Å²) in [5, 5.41) is 81.0. The van der Waals surface area contributed by atoms with Crippen molar-refractivity contribution in [2.75, 3.05) is 54.9 Å². The zero-order chi connectivity index (χ0) is 37.4. The molecule has 2 aromatic rings. The molecule has 0 aromatic heterocycles. The van der Waals surface area contributed by atoms with Crippen LogP contribution in [-0.4, -0.2) is 157 Å². The van der Waals surface area contributed by atoms with Gasteiger partial charge in [0.25, 0.3) is 0 Å². The molecule has 4 saturated heterocycles. The minimum atomic E-state index is -1.65. The minimum Gasteiger partial charge on any atom is -0.493 e. The number of aliphatic hydroxyl groups excluding tert-OH is 8. The Morgan fingerprint density at radius 3 is 1.13 bits per heavy atom. The normalized spacial score (nSPS) is 37.3. The van der Waals surface area contributed by atoms with E-state index in [2.05, 4.69) is 0 Å². The molecule has 6 rings (SSSR count). The van der Waals surface area contributed by atoms with Gasteiger partial charge in [-0.3, -0.25) is 0 Å². The molecule has 18 nitrogen and oxygen atoms in total. The molecule has 2 aromatic carbocycles. The molecule has 0 unspecified atom stereocenters. The van der Waals surface area contributed by atoms with Crippen LogP contribution in [0.3, 0.4) is 0 Å². The van der Waals surface area contributed by atoms with Gasteiger partial charge in [-0.2, -0.15) is 0 Å². The monoisotopic (exact) mass is 742 g/mol. The molecule has 18 heteroatoms. The number of rotatable bonds is 12. The Morgan fingerprint density at radius 1 is 0.519 bits per heavy atom. The van der Waals surface area contributed by atoms with Gasteiger partial charge in [0.15, 0.2) is 23.0 Å². The number of benzene rings is 2. The first-order valence-corrected chi connectivity index (χ1v) is 16.7. The molecule has 4 aliphatic rings. The van der Waals surface area contributed by atoms with Crippen LogP contribution in [0.25, 0.3) is 0 Å². The molecule has 0 saturated carbocycles. The number of ether oxygens (including phenoxy) is 10. The van der Waals surface area contributed by atoms with Crippen LogP contribution in [0.1, 0.15) is 23.3 Å². The van der Waals surface area contributed by atoms with Crippen LogP contribution in [0.15, 0.2) is 24.3 Å². The summed E-state index contributed by atoms with van der Waals surface area (Å²) in [5.74, 6) is 0.683. The van der Waals surface area contributed by atoms with Crippen molar-refractivity contribution in [2.24, 2.45) is 11.8 Å². The van der Waals surface area contributed by atoms with E-state index in [1.807, 2.05) is 0 Å². The fourth-order valence-electron chi connectivity index (χ4n) is 7.16. The second-order valence-corrected chi connectivity index (χ2v) is 13.0. The maximum absolute atomic E-state index is 10.5. The average Bonchev–Trinajstić information content (AvgIpc) is 3.78. The van der Waals surface area contributed by atoms with Crippen molar-refractivity contribution < 1.29 is 88.2 Å². The zero-order valence-corrected chi connectivity index (χ0v) is 28.9. The quantitative estimate of drug-likeness (QED) is 0.119. The molecule has 52 heavy (non-hydrogen) atoms. The van der Waals surface area contributed by atoms with E-state index in [-0.39, 0.29) is 46.3 Å². The summed E-state index contributed by atoms with van der Waals surface area (Å²) >= 11 is 0. The summed E-state index contributed by atoms with van der Waals surface area (Å²) in [6.45, 7) is -0.604. The molecule has 0 bridgehead atoms. The Morgan fingerprint density at radius 2 is 0.846 bits per heavy atom. The third-order valence-corrected chi connectivity index (χ3v) is 10.1. The third-order valence-electron chi connectivity index (χ3n) is 10.1. The topological polar surface area (TPSA) is 254 Å². The molecule has 4 aliphatic heterocycles. The molecule has 0 radical (unpaired) electrons. The lowest BCUT2D eigenvalue weighted by Crippen LogP contribution is -2.60. The van der Waals surface area contributed by atoms with Gasteiger partial charge in [-0.1, -0.05) is 0 Å². The highest BCUT2D eigenvalue weighted by molar-refractivity contribution is 5.56.